The van der Waals surface area contributed by atoms with Gasteiger partial charge in [0.1, 0.15) is 6.61 Å². The van der Waals surface area contributed by atoms with Gasteiger partial charge in [0.2, 0.25) is 6.04 Å². The van der Waals surface area contributed by atoms with Crippen molar-refractivity contribution in [2.24, 2.45) is 0 Å². The highest BCUT2D eigenvalue weighted by atomic mass is 19.4. The van der Waals surface area contributed by atoms with Crippen molar-refractivity contribution >= 4 is 23.7 Å². The minimum atomic E-state index is -5.20. The lowest BCUT2D eigenvalue weighted by molar-refractivity contribution is -0.178. The number of carboxylic acid groups (broad SMARTS) is 1. The molecule has 1 unspecified atom stereocenters. The lowest BCUT2D eigenvalue weighted by Crippen LogP contribution is -2.50. The van der Waals surface area contributed by atoms with Crippen molar-refractivity contribution in [1.29, 1.82) is 0 Å². The third-order valence-corrected chi connectivity index (χ3v) is 5.60. The monoisotopic (exact) mass is 484 g/mol. The summed E-state index contributed by atoms with van der Waals surface area (Å²) in [5, 5.41) is 12.6. The molecule has 0 aliphatic heterocycles. The van der Waals surface area contributed by atoms with Crippen molar-refractivity contribution in [2.75, 3.05) is 11.9 Å². The molecular weight excluding hydrogens is 465 g/mol. The van der Waals surface area contributed by atoms with Gasteiger partial charge in [-0.3, -0.25) is 10.1 Å². The van der Waals surface area contributed by atoms with Gasteiger partial charge in [-0.1, -0.05) is 60.7 Å². The molecule has 2 amide bonds. The fourth-order valence-corrected chi connectivity index (χ4v) is 4.03. The Morgan fingerprint density at radius 3 is 2.00 bits per heavy atom. The minimum absolute atomic E-state index is 0.0105. The third kappa shape index (κ3) is 4.96. The molecular formula is C25H19F3N2O5. The molecule has 1 aliphatic carbocycles. The van der Waals surface area contributed by atoms with Crippen LogP contribution in [0.3, 0.4) is 0 Å². The molecule has 180 valence electrons. The van der Waals surface area contributed by atoms with Crippen molar-refractivity contribution in [3.63, 3.8) is 0 Å². The largest absolute Gasteiger partial charge is 0.479 e. The van der Waals surface area contributed by atoms with Crippen LogP contribution in [-0.2, 0) is 9.53 Å². The number of fused-ring (bicyclic) bond motifs is 3. The number of alkyl halides is 3. The quantitative estimate of drug-likeness (QED) is 0.467. The first-order chi connectivity index (χ1) is 16.7. The Bertz CT molecular complexity index is 1250. The number of halogens is 3. The molecule has 35 heavy (non-hydrogen) atoms. The second-order valence-electron chi connectivity index (χ2n) is 7.78. The van der Waals surface area contributed by atoms with E-state index in [-0.39, 0.29) is 23.8 Å². The van der Waals surface area contributed by atoms with E-state index >= 15 is 0 Å². The lowest BCUT2D eigenvalue weighted by atomic mass is 9.98. The van der Waals surface area contributed by atoms with Crippen LogP contribution < -0.4 is 10.6 Å². The second-order valence-corrected chi connectivity index (χ2v) is 7.78. The number of anilines is 1. The summed E-state index contributed by atoms with van der Waals surface area (Å²) in [7, 11) is 0. The van der Waals surface area contributed by atoms with Crippen molar-refractivity contribution in [3.8, 4) is 11.1 Å². The Hall–Kier alpha value is -4.34. The highest BCUT2D eigenvalue weighted by Crippen LogP contribution is 2.44. The molecule has 0 aromatic heterocycles. The average Bonchev–Trinajstić information content (AvgIpc) is 3.14. The minimum Gasteiger partial charge on any atom is -0.479 e. The first kappa shape index (κ1) is 23.8. The molecule has 0 saturated carbocycles. The summed E-state index contributed by atoms with van der Waals surface area (Å²) < 4.78 is 44.2. The SMILES string of the molecule is O=C(Nc1ccccc1C(=O)NC(C(=O)O)C(F)(F)F)OCC1c2ccccc2-c2ccccc21. The van der Waals surface area contributed by atoms with Crippen molar-refractivity contribution < 1.29 is 37.4 Å². The van der Waals surface area contributed by atoms with Crippen LogP contribution in [-0.4, -0.2) is 41.9 Å². The van der Waals surface area contributed by atoms with E-state index in [1.165, 1.54) is 23.5 Å². The van der Waals surface area contributed by atoms with Crippen LogP contribution in [0.4, 0.5) is 23.7 Å². The fourth-order valence-electron chi connectivity index (χ4n) is 4.03. The van der Waals surface area contributed by atoms with Gasteiger partial charge in [0.05, 0.1) is 11.3 Å². The smallest absolute Gasteiger partial charge is 0.419 e. The van der Waals surface area contributed by atoms with Gasteiger partial charge in [-0.05, 0) is 34.4 Å². The number of para-hydroxylation sites is 1. The normalized spacial score (nSPS) is 13.3. The van der Waals surface area contributed by atoms with Crippen molar-refractivity contribution in [3.05, 3.63) is 89.5 Å². The van der Waals surface area contributed by atoms with Crippen LogP contribution in [0.25, 0.3) is 11.1 Å². The maximum absolute atomic E-state index is 12.9. The van der Waals surface area contributed by atoms with Gasteiger partial charge < -0.3 is 15.2 Å². The Balaban J connectivity index is 1.47. The Kier molecular flexibility index (Phi) is 6.46. The lowest BCUT2D eigenvalue weighted by Gasteiger charge is -2.19. The number of benzene rings is 3. The summed E-state index contributed by atoms with van der Waals surface area (Å²) >= 11 is 0. The van der Waals surface area contributed by atoms with Crippen LogP contribution in [0.1, 0.15) is 27.4 Å². The predicted octanol–water partition coefficient (Wildman–Crippen LogP) is 4.79. The zero-order valence-electron chi connectivity index (χ0n) is 18.0. The Labute approximate surface area is 197 Å². The van der Waals surface area contributed by atoms with Crippen molar-refractivity contribution in [2.45, 2.75) is 18.1 Å². The Morgan fingerprint density at radius 1 is 0.886 bits per heavy atom. The highest BCUT2D eigenvalue weighted by molar-refractivity contribution is 6.04. The number of hydrogen-bond donors (Lipinski definition) is 3. The number of aliphatic carboxylic acids is 1. The van der Waals surface area contributed by atoms with Crippen LogP contribution in [0, 0.1) is 0 Å². The first-order valence-electron chi connectivity index (χ1n) is 10.5. The number of nitrogens with one attached hydrogen (secondary N) is 2. The second kappa shape index (κ2) is 9.49. The molecule has 0 fully saturated rings. The molecule has 4 rings (SSSR count). The number of carbonyl (C=O) groups is 3. The summed E-state index contributed by atoms with van der Waals surface area (Å²) in [4.78, 5) is 35.8. The standard InChI is InChI=1S/C25H19F3N2O5/c26-25(27,28)21(23(32)33)30-22(31)18-11-5-6-12-20(18)29-24(34)35-13-19-16-9-3-1-7-14(16)15-8-2-4-10-17(15)19/h1-12,19,21H,13H2,(H,29,34)(H,30,31)(H,32,33). The van der Waals surface area contributed by atoms with E-state index in [4.69, 9.17) is 9.84 Å². The molecule has 3 aromatic rings. The van der Waals surface area contributed by atoms with Crippen molar-refractivity contribution in [1.82, 2.24) is 5.32 Å². The molecule has 0 radical (unpaired) electrons. The summed E-state index contributed by atoms with van der Waals surface area (Å²) in [6.07, 6.45) is -6.12. The first-order valence-corrected chi connectivity index (χ1v) is 10.5. The molecule has 0 bridgehead atoms. The fraction of sp³-hybridized carbons (Fsp3) is 0.160. The Morgan fingerprint density at radius 2 is 1.43 bits per heavy atom. The van der Waals surface area contributed by atoms with E-state index in [1.807, 2.05) is 48.5 Å². The molecule has 0 heterocycles. The van der Waals surface area contributed by atoms with E-state index in [2.05, 4.69) is 5.32 Å². The average molecular weight is 484 g/mol. The maximum atomic E-state index is 12.9. The van der Waals surface area contributed by atoms with Gasteiger partial charge in [-0.15, -0.1) is 0 Å². The van der Waals surface area contributed by atoms with Crippen LogP contribution >= 0.6 is 0 Å². The molecule has 1 atom stereocenters. The molecule has 7 nitrogen and oxygen atoms in total. The maximum Gasteiger partial charge on any atom is 0.419 e. The number of carboxylic acids is 1. The summed E-state index contributed by atoms with van der Waals surface area (Å²) in [5.41, 5.74) is 3.58. The summed E-state index contributed by atoms with van der Waals surface area (Å²) in [6, 6.07) is 17.6. The van der Waals surface area contributed by atoms with E-state index < -0.39 is 30.2 Å². The van der Waals surface area contributed by atoms with Gasteiger partial charge in [0, 0.05) is 5.92 Å². The molecule has 10 heteroatoms. The molecule has 3 N–H and O–H groups in total. The van der Waals surface area contributed by atoms with E-state index in [0.29, 0.717) is 0 Å². The topological polar surface area (TPSA) is 105 Å². The molecule has 0 saturated heterocycles. The zero-order valence-corrected chi connectivity index (χ0v) is 18.0. The summed E-state index contributed by atoms with van der Waals surface area (Å²) in [6.45, 7) is -0.0105. The van der Waals surface area contributed by atoms with Crippen LogP contribution in [0.2, 0.25) is 0 Å². The predicted molar refractivity (Wildman–Crippen MR) is 120 cm³/mol. The van der Waals surface area contributed by atoms with Gasteiger partial charge in [0.25, 0.3) is 5.91 Å². The zero-order chi connectivity index (χ0) is 25.2. The number of carbonyl (C=O) groups excluding carboxylic acids is 2. The van der Waals surface area contributed by atoms with Gasteiger partial charge >= 0.3 is 18.2 Å². The molecule has 1 aliphatic rings. The third-order valence-electron chi connectivity index (χ3n) is 5.60. The van der Waals surface area contributed by atoms with Crippen LogP contribution in [0.15, 0.2) is 72.8 Å². The number of amides is 2. The van der Waals surface area contributed by atoms with E-state index in [9.17, 15) is 27.6 Å². The number of ether oxygens (including phenoxy) is 1. The molecule has 3 aromatic carbocycles. The van der Waals surface area contributed by atoms with Gasteiger partial charge in [-0.2, -0.15) is 13.2 Å². The number of hydrogen-bond acceptors (Lipinski definition) is 4. The summed E-state index contributed by atoms with van der Waals surface area (Å²) in [5.74, 6) is -3.79. The van der Waals surface area contributed by atoms with Crippen LogP contribution in [0.5, 0.6) is 0 Å². The van der Waals surface area contributed by atoms with E-state index in [0.717, 1.165) is 28.3 Å². The number of rotatable bonds is 6. The highest BCUT2D eigenvalue weighted by Gasteiger charge is 2.46. The van der Waals surface area contributed by atoms with E-state index in [1.54, 1.807) is 0 Å². The van der Waals surface area contributed by atoms with Gasteiger partial charge in [0.15, 0.2) is 0 Å². The molecule has 0 spiro atoms. The van der Waals surface area contributed by atoms with Gasteiger partial charge in [-0.25, -0.2) is 9.59 Å².